The molecule has 2 atom stereocenters. The zero-order valence-corrected chi connectivity index (χ0v) is 12.3. The van der Waals surface area contributed by atoms with Crippen LogP contribution >= 0.6 is 0 Å². The first-order chi connectivity index (χ1) is 8.95. The Morgan fingerprint density at radius 2 is 2.11 bits per heavy atom. The van der Waals surface area contributed by atoms with E-state index in [-0.39, 0.29) is 12.5 Å². The monoisotopic (exact) mass is 264 g/mol. The molecule has 2 unspecified atom stereocenters. The van der Waals surface area contributed by atoms with E-state index in [1.165, 1.54) is 0 Å². The van der Waals surface area contributed by atoms with Gasteiger partial charge in [0.2, 0.25) is 0 Å². The van der Waals surface area contributed by atoms with Crippen LogP contribution < -0.4 is 0 Å². The molecule has 0 saturated carbocycles. The number of hydrogen-bond donors (Lipinski definition) is 1. The van der Waals surface area contributed by atoms with Crippen LogP contribution in [0.2, 0.25) is 0 Å². The van der Waals surface area contributed by atoms with Crippen molar-refractivity contribution < 1.29 is 14.6 Å². The number of carbonyl (C=O) groups excluding carboxylic acids is 1. The lowest BCUT2D eigenvalue weighted by atomic mass is 9.80. The minimum absolute atomic E-state index is 0.283. The topological polar surface area (TPSA) is 46.5 Å². The Balaban J connectivity index is 3.07. The normalized spacial score (nSPS) is 15.6. The fraction of sp³-hybridized carbons (Fsp3) is 0.562. The van der Waals surface area contributed by atoms with Gasteiger partial charge in [-0.25, -0.2) is 4.79 Å². The minimum atomic E-state index is -1.45. The molecule has 0 fully saturated rings. The summed E-state index contributed by atoms with van der Waals surface area (Å²) in [6.07, 6.45) is 1.13. The number of aliphatic hydroxyl groups is 1. The number of esters is 1. The summed E-state index contributed by atoms with van der Waals surface area (Å²) in [7, 11) is 0. The van der Waals surface area contributed by atoms with Crippen molar-refractivity contribution in [1.29, 1.82) is 0 Å². The first-order valence-electron chi connectivity index (χ1n) is 6.91. The Bertz CT molecular complexity index is 428. The van der Waals surface area contributed by atoms with E-state index in [1.807, 2.05) is 45.0 Å². The molecule has 0 aliphatic carbocycles. The molecule has 0 aliphatic heterocycles. The SMILES string of the molecule is CCCC(O)(C(=O)OCC)C(C)c1cccc(C)c1. The molecular weight excluding hydrogens is 240 g/mol. The highest BCUT2D eigenvalue weighted by Gasteiger charge is 2.42. The van der Waals surface area contributed by atoms with Crippen LogP contribution in [0.5, 0.6) is 0 Å². The standard InChI is InChI=1S/C16H24O3/c1-5-10-16(18,15(17)19-6-2)13(4)14-9-7-8-12(3)11-14/h7-9,11,13,18H,5-6,10H2,1-4H3. The Labute approximate surface area is 115 Å². The molecule has 0 saturated heterocycles. The third-order valence-electron chi connectivity index (χ3n) is 3.52. The van der Waals surface area contributed by atoms with Gasteiger partial charge in [0.25, 0.3) is 0 Å². The first-order valence-corrected chi connectivity index (χ1v) is 6.91. The number of rotatable bonds is 6. The average Bonchev–Trinajstić information content (AvgIpc) is 2.38. The van der Waals surface area contributed by atoms with Gasteiger partial charge in [-0.15, -0.1) is 0 Å². The van der Waals surface area contributed by atoms with Crippen LogP contribution in [0, 0.1) is 6.92 Å². The number of carbonyl (C=O) groups is 1. The van der Waals surface area contributed by atoms with Crippen molar-refractivity contribution >= 4 is 5.97 Å². The molecule has 1 aromatic carbocycles. The highest BCUT2D eigenvalue weighted by Crippen LogP contribution is 2.33. The summed E-state index contributed by atoms with van der Waals surface area (Å²) in [6, 6.07) is 7.89. The largest absolute Gasteiger partial charge is 0.464 e. The summed E-state index contributed by atoms with van der Waals surface area (Å²) in [6.45, 7) is 7.86. The Kier molecular flexibility index (Phi) is 5.55. The van der Waals surface area contributed by atoms with Crippen LogP contribution in [0.4, 0.5) is 0 Å². The van der Waals surface area contributed by atoms with Gasteiger partial charge < -0.3 is 9.84 Å². The van der Waals surface area contributed by atoms with E-state index < -0.39 is 11.6 Å². The third-order valence-corrected chi connectivity index (χ3v) is 3.52. The van der Waals surface area contributed by atoms with Gasteiger partial charge >= 0.3 is 5.97 Å². The molecule has 3 heteroatoms. The molecule has 0 spiro atoms. The number of aryl methyl sites for hydroxylation is 1. The van der Waals surface area contributed by atoms with Crippen molar-refractivity contribution in [2.75, 3.05) is 6.61 Å². The van der Waals surface area contributed by atoms with Crippen LogP contribution in [0.25, 0.3) is 0 Å². The molecule has 106 valence electrons. The van der Waals surface area contributed by atoms with Gasteiger partial charge in [0, 0.05) is 5.92 Å². The fourth-order valence-electron chi connectivity index (χ4n) is 2.35. The summed E-state index contributed by atoms with van der Waals surface area (Å²) in [5.74, 6) is -0.808. The smallest absolute Gasteiger partial charge is 0.338 e. The lowest BCUT2D eigenvalue weighted by Gasteiger charge is -2.32. The summed E-state index contributed by atoms with van der Waals surface area (Å²) in [5, 5.41) is 10.7. The highest BCUT2D eigenvalue weighted by atomic mass is 16.5. The van der Waals surface area contributed by atoms with Gasteiger partial charge in [-0.3, -0.25) is 0 Å². The summed E-state index contributed by atoms with van der Waals surface area (Å²) < 4.78 is 5.04. The zero-order valence-electron chi connectivity index (χ0n) is 12.3. The molecule has 0 aromatic heterocycles. The average molecular weight is 264 g/mol. The quantitative estimate of drug-likeness (QED) is 0.803. The maximum absolute atomic E-state index is 12.1. The van der Waals surface area contributed by atoms with Gasteiger partial charge in [0.1, 0.15) is 0 Å². The fourth-order valence-corrected chi connectivity index (χ4v) is 2.35. The summed E-state index contributed by atoms with van der Waals surface area (Å²) in [5.41, 5.74) is 0.634. The van der Waals surface area contributed by atoms with Crippen LogP contribution in [0.1, 0.15) is 50.7 Å². The second-order valence-electron chi connectivity index (χ2n) is 5.03. The van der Waals surface area contributed by atoms with Gasteiger partial charge in [-0.2, -0.15) is 0 Å². The molecular formula is C16H24O3. The van der Waals surface area contributed by atoms with Crippen molar-refractivity contribution in [1.82, 2.24) is 0 Å². The predicted molar refractivity (Wildman–Crippen MR) is 76.1 cm³/mol. The Morgan fingerprint density at radius 3 is 2.63 bits per heavy atom. The molecule has 0 heterocycles. The van der Waals surface area contributed by atoms with Crippen LogP contribution in [-0.2, 0) is 9.53 Å². The lowest BCUT2D eigenvalue weighted by Crippen LogP contribution is -2.44. The van der Waals surface area contributed by atoms with E-state index >= 15 is 0 Å². The second kappa shape index (κ2) is 6.71. The van der Waals surface area contributed by atoms with Gasteiger partial charge in [0.15, 0.2) is 5.60 Å². The van der Waals surface area contributed by atoms with Crippen LogP contribution in [0.15, 0.2) is 24.3 Å². The van der Waals surface area contributed by atoms with Crippen molar-refractivity contribution in [2.24, 2.45) is 0 Å². The van der Waals surface area contributed by atoms with E-state index in [1.54, 1.807) is 6.92 Å². The third kappa shape index (κ3) is 3.57. The van der Waals surface area contributed by atoms with Crippen molar-refractivity contribution in [2.45, 2.75) is 52.1 Å². The summed E-state index contributed by atoms with van der Waals surface area (Å²) in [4.78, 5) is 12.1. The molecule has 0 amide bonds. The molecule has 0 radical (unpaired) electrons. The lowest BCUT2D eigenvalue weighted by molar-refractivity contribution is -0.168. The number of benzene rings is 1. The van der Waals surface area contributed by atoms with Crippen LogP contribution in [-0.4, -0.2) is 23.3 Å². The molecule has 0 bridgehead atoms. The van der Waals surface area contributed by atoms with E-state index in [0.29, 0.717) is 6.42 Å². The van der Waals surface area contributed by atoms with Crippen molar-refractivity contribution in [3.8, 4) is 0 Å². The molecule has 1 rings (SSSR count). The minimum Gasteiger partial charge on any atom is -0.464 e. The first kappa shape index (κ1) is 15.7. The number of hydrogen-bond acceptors (Lipinski definition) is 3. The van der Waals surface area contributed by atoms with Gasteiger partial charge in [-0.05, 0) is 25.8 Å². The molecule has 3 nitrogen and oxygen atoms in total. The maximum atomic E-state index is 12.1. The Morgan fingerprint density at radius 1 is 1.42 bits per heavy atom. The second-order valence-corrected chi connectivity index (χ2v) is 5.03. The number of ether oxygens (including phenoxy) is 1. The van der Waals surface area contributed by atoms with Crippen LogP contribution in [0.3, 0.4) is 0 Å². The van der Waals surface area contributed by atoms with Gasteiger partial charge in [-0.1, -0.05) is 50.1 Å². The molecule has 1 N–H and O–H groups in total. The highest BCUT2D eigenvalue weighted by molar-refractivity contribution is 5.80. The maximum Gasteiger partial charge on any atom is 0.338 e. The van der Waals surface area contributed by atoms with Crippen molar-refractivity contribution in [3.05, 3.63) is 35.4 Å². The zero-order chi connectivity index (χ0) is 14.5. The molecule has 19 heavy (non-hydrogen) atoms. The predicted octanol–water partition coefficient (Wildman–Crippen LogP) is 3.19. The van der Waals surface area contributed by atoms with E-state index in [4.69, 9.17) is 4.74 Å². The van der Waals surface area contributed by atoms with E-state index in [9.17, 15) is 9.90 Å². The van der Waals surface area contributed by atoms with E-state index in [0.717, 1.165) is 17.5 Å². The summed E-state index contributed by atoms with van der Waals surface area (Å²) >= 11 is 0. The van der Waals surface area contributed by atoms with Crippen molar-refractivity contribution in [3.63, 3.8) is 0 Å². The van der Waals surface area contributed by atoms with Gasteiger partial charge in [0.05, 0.1) is 6.61 Å². The van der Waals surface area contributed by atoms with E-state index in [2.05, 4.69) is 0 Å². The molecule has 1 aromatic rings. The Hall–Kier alpha value is -1.35. The molecule has 0 aliphatic rings.